The van der Waals surface area contributed by atoms with E-state index in [1.807, 2.05) is 6.07 Å². The van der Waals surface area contributed by atoms with Gasteiger partial charge in [0, 0.05) is 6.42 Å². The van der Waals surface area contributed by atoms with E-state index in [-0.39, 0.29) is 0 Å². The summed E-state index contributed by atoms with van der Waals surface area (Å²) in [6.45, 7) is 0. The zero-order valence-electron chi connectivity index (χ0n) is 5.21. The summed E-state index contributed by atoms with van der Waals surface area (Å²) in [6, 6.07) is 2.38. The van der Waals surface area contributed by atoms with E-state index in [0.717, 1.165) is 6.42 Å². The van der Waals surface area contributed by atoms with Crippen LogP contribution in [-0.2, 0) is 4.80 Å². The molecular weight excluding hydrogens is 134 g/mol. The minimum absolute atomic E-state index is 0.404. The highest BCUT2D eigenvalue weighted by Gasteiger charge is 2.01. The molecule has 0 aliphatic rings. The van der Waals surface area contributed by atoms with Crippen molar-refractivity contribution in [3.8, 4) is 6.07 Å². The van der Waals surface area contributed by atoms with Gasteiger partial charge >= 0.3 is 9.28 Å². The van der Waals surface area contributed by atoms with Gasteiger partial charge in [0.1, 0.15) is 0 Å². The van der Waals surface area contributed by atoms with Gasteiger partial charge < -0.3 is 4.80 Å². The monoisotopic (exact) mass is 144 g/mol. The van der Waals surface area contributed by atoms with E-state index >= 15 is 0 Å². The summed E-state index contributed by atoms with van der Waals surface area (Å²) in [5, 5.41) is 8.05. The lowest BCUT2D eigenvalue weighted by atomic mass is 10.3. The topological polar surface area (TPSA) is 63.9 Å². The van der Waals surface area contributed by atoms with E-state index in [1.54, 1.807) is 0 Å². The first-order valence-electron chi connectivity index (χ1n) is 2.98. The molecule has 1 unspecified atom stereocenters. The van der Waals surface area contributed by atoms with Crippen LogP contribution in [-0.4, -0.2) is 14.1 Å². The molecule has 0 saturated carbocycles. The molecule has 51 valence electrons. The van der Waals surface area contributed by atoms with Crippen molar-refractivity contribution in [3.05, 3.63) is 0 Å². The predicted octanol–water partition coefficient (Wildman–Crippen LogP) is 0.324. The van der Waals surface area contributed by atoms with Gasteiger partial charge in [-0.25, -0.2) is 0 Å². The summed E-state index contributed by atoms with van der Waals surface area (Å²) in [7, 11) is -2.57. The summed E-state index contributed by atoms with van der Waals surface area (Å²) in [4.78, 5) is 18.5. The Hall–Kier alpha value is -0.373. The molecule has 0 saturated heterocycles. The third kappa shape index (κ3) is 7.63. The first-order valence-corrected chi connectivity index (χ1v) is 4.78. The molecule has 1 atom stereocenters. The number of hydrogen-bond donors (Lipinski definition) is 1. The van der Waals surface area contributed by atoms with E-state index in [9.17, 15) is 4.80 Å². The van der Waals surface area contributed by atoms with Crippen molar-refractivity contribution in [3.63, 3.8) is 0 Å². The molecule has 0 aromatic carbocycles. The molecule has 0 aliphatic carbocycles. The van der Waals surface area contributed by atoms with E-state index in [4.69, 9.17) is 10.1 Å². The van der Waals surface area contributed by atoms with Crippen molar-refractivity contribution in [2.75, 3.05) is 0 Å². The van der Waals surface area contributed by atoms with Crippen molar-refractivity contribution >= 4 is 9.28 Å². The molecular formula is C5H10NO2Si. The smallest absolute Gasteiger partial charge is 0.355 e. The van der Waals surface area contributed by atoms with Crippen LogP contribution >= 0.6 is 0 Å². The SMILES string of the molecule is N#CCCCC[SiH]([O])O. The molecule has 0 amide bonds. The minimum atomic E-state index is -2.57. The Morgan fingerprint density at radius 2 is 2.22 bits per heavy atom. The van der Waals surface area contributed by atoms with Crippen molar-refractivity contribution < 1.29 is 9.59 Å². The molecule has 0 heterocycles. The van der Waals surface area contributed by atoms with Crippen LogP contribution in [0, 0.1) is 11.3 Å². The van der Waals surface area contributed by atoms with Gasteiger partial charge in [0.2, 0.25) is 0 Å². The fourth-order valence-corrected chi connectivity index (χ4v) is 1.16. The van der Waals surface area contributed by atoms with E-state index in [0.29, 0.717) is 18.9 Å². The average molecular weight is 144 g/mol. The third-order valence-electron chi connectivity index (χ3n) is 0.990. The van der Waals surface area contributed by atoms with Crippen LogP contribution in [0.2, 0.25) is 6.04 Å². The Morgan fingerprint density at radius 1 is 1.56 bits per heavy atom. The van der Waals surface area contributed by atoms with Crippen LogP contribution in [0.4, 0.5) is 0 Å². The molecule has 9 heavy (non-hydrogen) atoms. The van der Waals surface area contributed by atoms with Gasteiger partial charge in [-0.3, -0.25) is 4.80 Å². The number of hydrogen-bond acceptors (Lipinski definition) is 2. The van der Waals surface area contributed by atoms with Gasteiger partial charge in [-0.2, -0.15) is 5.26 Å². The standard InChI is InChI=1S/C5H10NO2Si/c6-4-2-1-3-5-9(7)8/h7,9H,1-3,5H2. The van der Waals surface area contributed by atoms with E-state index in [2.05, 4.69) is 0 Å². The van der Waals surface area contributed by atoms with Gasteiger partial charge in [0.05, 0.1) is 6.07 Å². The Morgan fingerprint density at radius 3 is 2.67 bits per heavy atom. The number of unbranched alkanes of at least 4 members (excludes halogenated alkanes) is 2. The van der Waals surface area contributed by atoms with Gasteiger partial charge in [-0.05, 0) is 12.5 Å². The summed E-state index contributed by atoms with van der Waals surface area (Å²) in [5.74, 6) is 0. The summed E-state index contributed by atoms with van der Waals surface area (Å²) in [6.07, 6.45) is 1.97. The Bertz CT molecular complexity index is 99.6. The molecule has 0 spiro atoms. The lowest BCUT2D eigenvalue weighted by Gasteiger charge is -1.93. The maximum Gasteiger partial charge on any atom is 0.355 e. The second kappa shape index (κ2) is 5.76. The number of nitriles is 1. The lowest BCUT2D eigenvalue weighted by molar-refractivity contribution is 0.332. The highest BCUT2D eigenvalue weighted by molar-refractivity contribution is 6.40. The fraction of sp³-hybridized carbons (Fsp3) is 0.800. The molecule has 0 aliphatic heterocycles. The van der Waals surface area contributed by atoms with Crippen molar-refractivity contribution in [2.45, 2.75) is 25.3 Å². The number of rotatable bonds is 4. The second-order valence-electron chi connectivity index (χ2n) is 1.86. The quantitative estimate of drug-likeness (QED) is 0.456. The minimum Gasteiger partial charge on any atom is -0.411 e. The molecule has 1 radical (unpaired) electrons. The summed E-state index contributed by atoms with van der Waals surface area (Å²) < 4.78 is 0. The largest absolute Gasteiger partial charge is 0.411 e. The first kappa shape index (κ1) is 8.63. The Kier molecular flexibility index (Phi) is 5.52. The van der Waals surface area contributed by atoms with Crippen molar-refractivity contribution in [1.29, 1.82) is 5.26 Å². The normalized spacial score (nSPS) is 9.56. The first-order chi connectivity index (χ1) is 4.27. The van der Waals surface area contributed by atoms with Gasteiger partial charge in [0.25, 0.3) is 0 Å². The van der Waals surface area contributed by atoms with Gasteiger partial charge in [-0.15, -0.1) is 0 Å². The number of nitrogens with zero attached hydrogens (tertiary/aromatic N) is 1. The molecule has 4 heteroatoms. The van der Waals surface area contributed by atoms with Crippen LogP contribution in [0.15, 0.2) is 0 Å². The molecule has 0 bridgehead atoms. The van der Waals surface area contributed by atoms with Gasteiger partial charge in [-0.1, -0.05) is 6.42 Å². The van der Waals surface area contributed by atoms with E-state index in [1.165, 1.54) is 0 Å². The molecule has 3 nitrogen and oxygen atoms in total. The fourth-order valence-electron chi connectivity index (χ4n) is 0.523. The molecule has 0 fully saturated rings. The summed E-state index contributed by atoms with van der Waals surface area (Å²) in [5.41, 5.74) is 0. The third-order valence-corrected chi connectivity index (χ3v) is 1.89. The average Bonchev–Trinajstić information content (AvgIpc) is 1.80. The zero-order chi connectivity index (χ0) is 7.11. The van der Waals surface area contributed by atoms with Crippen LogP contribution in [0.25, 0.3) is 0 Å². The lowest BCUT2D eigenvalue weighted by Crippen LogP contribution is -2.06. The van der Waals surface area contributed by atoms with Crippen molar-refractivity contribution in [2.24, 2.45) is 0 Å². The van der Waals surface area contributed by atoms with E-state index < -0.39 is 9.28 Å². The maximum absolute atomic E-state index is 10.1. The summed E-state index contributed by atoms with van der Waals surface area (Å²) >= 11 is 0. The molecule has 0 aromatic rings. The van der Waals surface area contributed by atoms with Crippen LogP contribution in [0.5, 0.6) is 0 Å². The molecule has 0 aromatic heterocycles. The predicted molar refractivity (Wildman–Crippen MR) is 34.3 cm³/mol. The van der Waals surface area contributed by atoms with Gasteiger partial charge in [0.15, 0.2) is 0 Å². The Labute approximate surface area is 56.4 Å². The van der Waals surface area contributed by atoms with Crippen molar-refractivity contribution in [1.82, 2.24) is 0 Å². The highest BCUT2D eigenvalue weighted by atomic mass is 28.3. The Balaban J connectivity index is 2.85. The molecule has 0 rings (SSSR count). The second-order valence-corrected chi connectivity index (χ2v) is 3.35. The highest BCUT2D eigenvalue weighted by Crippen LogP contribution is 1.99. The van der Waals surface area contributed by atoms with Crippen LogP contribution in [0.1, 0.15) is 19.3 Å². The zero-order valence-corrected chi connectivity index (χ0v) is 6.36. The van der Waals surface area contributed by atoms with Crippen LogP contribution in [0.3, 0.4) is 0 Å². The molecule has 1 N–H and O–H groups in total. The van der Waals surface area contributed by atoms with Crippen LogP contribution < -0.4 is 0 Å². The maximum atomic E-state index is 10.1.